The smallest absolute Gasteiger partial charge is 0.318 e. The average Bonchev–Trinajstić information content (AvgIpc) is 3.22. The first-order valence-corrected chi connectivity index (χ1v) is 12.8. The predicted molar refractivity (Wildman–Crippen MR) is 132 cm³/mol. The van der Waals surface area contributed by atoms with Crippen LogP contribution in [0.1, 0.15) is 67.2 Å². The molecule has 0 bridgehead atoms. The average molecular weight is 456 g/mol. The number of rotatable bonds is 10. The third-order valence-corrected chi connectivity index (χ3v) is 7.09. The zero-order valence-corrected chi connectivity index (χ0v) is 20.3. The van der Waals surface area contributed by atoms with E-state index in [1.165, 1.54) is 16.2 Å². The molecule has 6 heteroatoms. The molecule has 1 saturated carbocycles. The Bertz CT molecular complexity index is 846. The van der Waals surface area contributed by atoms with Crippen molar-refractivity contribution in [2.24, 2.45) is 0 Å². The van der Waals surface area contributed by atoms with Gasteiger partial charge in [0.1, 0.15) is 6.54 Å². The predicted octanol–water partition coefficient (Wildman–Crippen LogP) is 5.73. The molecule has 1 N–H and O–H groups in total. The number of carbonyl (C=O) groups is 2. The van der Waals surface area contributed by atoms with Crippen LogP contribution in [0.2, 0.25) is 0 Å². The Labute approximate surface area is 196 Å². The van der Waals surface area contributed by atoms with Crippen LogP contribution in [0, 0.1) is 6.92 Å². The van der Waals surface area contributed by atoms with E-state index in [1.54, 1.807) is 11.3 Å². The van der Waals surface area contributed by atoms with Crippen molar-refractivity contribution in [1.82, 2.24) is 15.1 Å². The molecule has 1 fully saturated rings. The molecule has 0 atom stereocenters. The van der Waals surface area contributed by atoms with Gasteiger partial charge in [0.15, 0.2) is 0 Å². The summed E-state index contributed by atoms with van der Waals surface area (Å²) in [6.45, 7) is 6.12. The zero-order chi connectivity index (χ0) is 22.8. The van der Waals surface area contributed by atoms with Gasteiger partial charge in [-0.3, -0.25) is 4.79 Å². The Morgan fingerprint density at radius 3 is 2.44 bits per heavy atom. The van der Waals surface area contributed by atoms with Crippen molar-refractivity contribution in [3.8, 4) is 0 Å². The second-order valence-electron chi connectivity index (χ2n) is 8.75. The van der Waals surface area contributed by atoms with Crippen LogP contribution in [-0.2, 0) is 17.9 Å². The van der Waals surface area contributed by atoms with Gasteiger partial charge < -0.3 is 15.1 Å². The fourth-order valence-electron chi connectivity index (χ4n) is 4.27. The molecule has 1 aromatic heterocycles. The van der Waals surface area contributed by atoms with Gasteiger partial charge >= 0.3 is 6.03 Å². The van der Waals surface area contributed by atoms with Crippen LogP contribution in [0.15, 0.2) is 42.5 Å². The van der Waals surface area contributed by atoms with Crippen molar-refractivity contribution in [3.05, 3.63) is 57.8 Å². The van der Waals surface area contributed by atoms with E-state index < -0.39 is 0 Å². The van der Waals surface area contributed by atoms with Crippen LogP contribution in [0.4, 0.5) is 4.79 Å². The molecule has 0 unspecified atom stereocenters. The van der Waals surface area contributed by atoms with E-state index in [0.717, 1.165) is 44.1 Å². The zero-order valence-electron chi connectivity index (χ0n) is 19.5. The van der Waals surface area contributed by atoms with Gasteiger partial charge in [-0.2, -0.15) is 0 Å². The quantitative estimate of drug-likeness (QED) is 0.465. The molecule has 0 saturated heterocycles. The maximum absolute atomic E-state index is 13.6. The fraction of sp³-hybridized carbons (Fsp3) is 0.538. The van der Waals surface area contributed by atoms with Gasteiger partial charge in [0.2, 0.25) is 5.91 Å². The Balaban J connectivity index is 1.75. The second kappa shape index (κ2) is 12.6. The lowest BCUT2D eigenvalue weighted by Crippen LogP contribution is -2.51. The lowest BCUT2D eigenvalue weighted by molar-refractivity contribution is -0.133. The molecule has 1 heterocycles. The topological polar surface area (TPSA) is 52.7 Å². The van der Waals surface area contributed by atoms with Crippen LogP contribution in [-0.4, -0.2) is 40.9 Å². The van der Waals surface area contributed by atoms with E-state index in [2.05, 4.69) is 43.4 Å². The third kappa shape index (κ3) is 7.37. The summed E-state index contributed by atoms with van der Waals surface area (Å²) in [5, 5.41) is 3.05. The van der Waals surface area contributed by atoms with Crippen molar-refractivity contribution < 1.29 is 9.59 Å². The van der Waals surface area contributed by atoms with Gasteiger partial charge in [-0.25, -0.2) is 4.79 Å². The molecule has 32 heavy (non-hydrogen) atoms. The molecule has 1 aliphatic rings. The first kappa shape index (κ1) is 24.3. The molecule has 174 valence electrons. The van der Waals surface area contributed by atoms with Gasteiger partial charge in [-0.15, -0.1) is 11.3 Å². The molecular weight excluding hydrogens is 418 g/mol. The van der Waals surface area contributed by atoms with Crippen LogP contribution < -0.4 is 5.32 Å². The molecular formula is C26H37N3O2S. The highest BCUT2D eigenvalue weighted by atomic mass is 32.1. The number of unbranched alkanes of at least 4 members (excludes halogenated alkanes) is 1. The first-order valence-electron chi connectivity index (χ1n) is 12.0. The molecule has 2 aromatic rings. The molecule has 3 amide bonds. The number of carbonyl (C=O) groups excluding carboxylic acids is 2. The van der Waals surface area contributed by atoms with Crippen LogP contribution >= 0.6 is 11.3 Å². The molecule has 0 aliphatic heterocycles. The van der Waals surface area contributed by atoms with E-state index in [-0.39, 0.29) is 24.5 Å². The van der Waals surface area contributed by atoms with E-state index in [9.17, 15) is 9.59 Å². The fourth-order valence-corrected chi connectivity index (χ4v) is 5.18. The highest BCUT2D eigenvalue weighted by Crippen LogP contribution is 2.24. The van der Waals surface area contributed by atoms with E-state index in [1.807, 2.05) is 28.0 Å². The van der Waals surface area contributed by atoms with Crippen molar-refractivity contribution in [1.29, 1.82) is 0 Å². The molecule has 5 nitrogen and oxygen atoms in total. The van der Waals surface area contributed by atoms with E-state index in [0.29, 0.717) is 19.6 Å². The van der Waals surface area contributed by atoms with Crippen molar-refractivity contribution in [3.63, 3.8) is 0 Å². The van der Waals surface area contributed by atoms with Gasteiger partial charge in [-0.05, 0) is 43.9 Å². The summed E-state index contributed by atoms with van der Waals surface area (Å²) < 4.78 is 0. The lowest BCUT2D eigenvalue weighted by atomic mass is 9.94. The minimum atomic E-state index is -0.0923. The Morgan fingerprint density at radius 1 is 1.03 bits per heavy atom. The van der Waals surface area contributed by atoms with Crippen LogP contribution in [0.3, 0.4) is 0 Å². The number of hydrogen-bond acceptors (Lipinski definition) is 3. The number of benzene rings is 1. The number of hydrogen-bond donors (Lipinski definition) is 1. The summed E-state index contributed by atoms with van der Waals surface area (Å²) in [5.41, 5.74) is 1.10. The maximum atomic E-state index is 13.6. The number of nitrogens with one attached hydrogen (secondary N) is 1. The van der Waals surface area contributed by atoms with E-state index >= 15 is 0 Å². The molecule has 0 spiro atoms. The number of amides is 3. The standard InChI is InChI=1S/C26H37N3O2S/c1-3-4-17-27-26(31)29(23-13-9-6-10-14-23)20-25(30)28(18-22-11-7-5-8-12-22)19-24-16-15-21(2)32-24/h5,7-8,11-12,15-16,23H,3-4,6,9-10,13-14,17-20H2,1-2H3,(H,27,31). The number of thiophene rings is 1. The number of aryl methyl sites for hydroxylation is 1. The van der Waals surface area contributed by atoms with Crippen molar-refractivity contribution in [2.45, 2.75) is 77.9 Å². The van der Waals surface area contributed by atoms with Crippen LogP contribution in [0.25, 0.3) is 0 Å². The summed E-state index contributed by atoms with van der Waals surface area (Å²) in [4.78, 5) is 32.7. The number of urea groups is 1. The minimum Gasteiger partial charge on any atom is -0.338 e. The minimum absolute atomic E-state index is 0.0103. The third-order valence-electron chi connectivity index (χ3n) is 6.10. The SMILES string of the molecule is CCCCNC(=O)N(CC(=O)N(Cc1ccccc1)Cc1ccc(C)s1)C1CCCCC1. The van der Waals surface area contributed by atoms with Crippen molar-refractivity contribution in [2.75, 3.05) is 13.1 Å². The highest BCUT2D eigenvalue weighted by Gasteiger charge is 2.29. The molecule has 1 aliphatic carbocycles. The summed E-state index contributed by atoms with van der Waals surface area (Å²) in [7, 11) is 0. The molecule has 1 aromatic carbocycles. The highest BCUT2D eigenvalue weighted by molar-refractivity contribution is 7.11. The van der Waals surface area contributed by atoms with Crippen LogP contribution in [0.5, 0.6) is 0 Å². The van der Waals surface area contributed by atoms with Gasteiger partial charge in [0.05, 0.1) is 6.54 Å². The Morgan fingerprint density at radius 2 is 1.78 bits per heavy atom. The largest absolute Gasteiger partial charge is 0.338 e. The lowest BCUT2D eigenvalue weighted by Gasteiger charge is -2.35. The molecule has 3 rings (SSSR count). The normalized spacial score (nSPS) is 14.2. The summed E-state index contributed by atoms with van der Waals surface area (Å²) in [5.74, 6) is 0.0103. The molecule has 0 radical (unpaired) electrons. The summed E-state index contributed by atoms with van der Waals surface area (Å²) in [6, 6.07) is 14.4. The summed E-state index contributed by atoms with van der Waals surface area (Å²) in [6.07, 6.45) is 7.42. The number of nitrogens with zero attached hydrogens (tertiary/aromatic N) is 2. The summed E-state index contributed by atoms with van der Waals surface area (Å²) >= 11 is 1.72. The Kier molecular flexibility index (Phi) is 9.60. The monoisotopic (exact) mass is 455 g/mol. The maximum Gasteiger partial charge on any atom is 0.318 e. The van der Waals surface area contributed by atoms with Crippen molar-refractivity contribution >= 4 is 23.3 Å². The second-order valence-corrected chi connectivity index (χ2v) is 10.1. The van der Waals surface area contributed by atoms with E-state index in [4.69, 9.17) is 0 Å². The van der Waals surface area contributed by atoms with Gasteiger partial charge in [-0.1, -0.05) is 62.9 Å². The van der Waals surface area contributed by atoms with Gasteiger partial charge in [0.25, 0.3) is 0 Å². The van der Waals surface area contributed by atoms with Gasteiger partial charge in [0, 0.05) is 28.9 Å². The first-order chi connectivity index (χ1) is 15.6. The Hall–Kier alpha value is -2.34.